The quantitative estimate of drug-likeness (QED) is 0.189. The molecule has 0 spiro atoms. The molecule has 7 aromatic rings. The zero-order valence-corrected chi connectivity index (χ0v) is 25.1. The van der Waals surface area contributed by atoms with Gasteiger partial charge in [-0.25, -0.2) is 0 Å². The first-order valence-electron chi connectivity index (χ1n) is 15.1. The predicted octanol–water partition coefficient (Wildman–Crippen LogP) is 11.7. The summed E-state index contributed by atoms with van der Waals surface area (Å²) >= 11 is 0. The Labute approximate surface area is 260 Å². The van der Waals surface area contributed by atoms with Crippen LogP contribution >= 0.6 is 0 Å². The Morgan fingerprint density at radius 3 is 1.70 bits per heavy atom. The Kier molecular flexibility index (Phi) is 7.40. The van der Waals surface area contributed by atoms with E-state index >= 15 is 0 Å². The zero-order valence-electron chi connectivity index (χ0n) is 25.1. The summed E-state index contributed by atoms with van der Waals surface area (Å²) in [5.74, 6) is 0. The molecule has 0 atom stereocenters. The van der Waals surface area contributed by atoms with Gasteiger partial charge in [-0.05, 0) is 94.7 Å². The minimum absolute atomic E-state index is 1.12. The minimum Gasteiger partial charge on any atom is -0.345 e. The van der Waals surface area contributed by atoms with E-state index in [9.17, 15) is 0 Å². The zero-order chi connectivity index (χ0) is 29.9. The van der Waals surface area contributed by atoms with Gasteiger partial charge >= 0.3 is 0 Å². The number of aryl methyl sites for hydroxylation is 1. The van der Waals surface area contributed by atoms with Gasteiger partial charge in [0, 0.05) is 35.2 Å². The van der Waals surface area contributed by atoms with E-state index < -0.39 is 0 Å². The fourth-order valence-electron chi connectivity index (χ4n) is 5.95. The lowest BCUT2D eigenvalue weighted by Gasteiger charge is -2.27. The van der Waals surface area contributed by atoms with E-state index in [0.717, 1.165) is 22.7 Å². The third kappa shape index (κ3) is 5.46. The van der Waals surface area contributed by atoms with Crippen molar-refractivity contribution in [1.29, 1.82) is 0 Å². The molecule has 0 heterocycles. The van der Waals surface area contributed by atoms with Gasteiger partial charge in [0.05, 0.1) is 5.69 Å². The lowest BCUT2D eigenvalue weighted by atomic mass is 10.0. The van der Waals surface area contributed by atoms with Gasteiger partial charge < -0.3 is 9.80 Å². The molecule has 2 heteroatoms. The van der Waals surface area contributed by atoms with E-state index in [4.69, 9.17) is 0 Å². The van der Waals surface area contributed by atoms with E-state index in [2.05, 4.69) is 194 Å². The van der Waals surface area contributed by atoms with Crippen molar-refractivity contribution in [2.75, 3.05) is 16.8 Å². The SMILES string of the molecule is Cc1cccc(N(C)c2ccc(-c3ccc(N(c4cccc(-c5ccccc5)c4)c4cccc5ccccc45)cc3)cc2)c1. The number of nitrogens with zero attached hydrogens (tertiary/aromatic N) is 2. The summed E-state index contributed by atoms with van der Waals surface area (Å²) in [6.45, 7) is 2.13. The maximum Gasteiger partial charge on any atom is 0.0540 e. The predicted molar refractivity (Wildman–Crippen MR) is 189 cm³/mol. The first-order chi connectivity index (χ1) is 21.6. The van der Waals surface area contributed by atoms with Crippen LogP contribution in [0, 0.1) is 6.92 Å². The van der Waals surface area contributed by atoms with Crippen LogP contribution in [0.2, 0.25) is 0 Å². The number of benzene rings is 7. The second kappa shape index (κ2) is 11.9. The second-order valence-corrected chi connectivity index (χ2v) is 11.2. The average Bonchev–Trinajstić information content (AvgIpc) is 3.09. The van der Waals surface area contributed by atoms with Crippen LogP contribution in [0.4, 0.5) is 28.4 Å². The van der Waals surface area contributed by atoms with Crippen molar-refractivity contribution in [1.82, 2.24) is 0 Å². The molecule has 0 aliphatic carbocycles. The first-order valence-corrected chi connectivity index (χ1v) is 15.1. The van der Waals surface area contributed by atoms with Crippen molar-refractivity contribution in [2.24, 2.45) is 0 Å². The van der Waals surface area contributed by atoms with Crippen molar-refractivity contribution < 1.29 is 0 Å². The molecule has 0 radical (unpaired) electrons. The number of anilines is 5. The third-order valence-corrected chi connectivity index (χ3v) is 8.32. The molecule has 0 bridgehead atoms. The monoisotopic (exact) mass is 566 g/mol. The Morgan fingerprint density at radius 1 is 0.386 bits per heavy atom. The van der Waals surface area contributed by atoms with Gasteiger partial charge in [0.25, 0.3) is 0 Å². The average molecular weight is 567 g/mol. The lowest BCUT2D eigenvalue weighted by molar-refractivity contribution is 1.20. The van der Waals surface area contributed by atoms with Crippen LogP contribution in [-0.2, 0) is 0 Å². The van der Waals surface area contributed by atoms with Crippen LogP contribution in [0.5, 0.6) is 0 Å². The van der Waals surface area contributed by atoms with Gasteiger partial charge in [-0.1, -0.05) is 115 Å². The number of fused-ring (bicyclic) bond motifs is 1. The molecule has 0 aliphatic rings. The van der Waals surface area contributed by atoms with Crippen molar-refractivity contribution in [3.8, 4) is 22.3 Å². The maximum atomic E-state index is 2.37. The Hall–Kier alpha value is -5.60. The molecule has 7 aromatic carbocycles. The normalized spacial score (nSPS) is 11.0. The molecule has 0 aromatic heterocycles. The highest BCUT2D eigenvalue weighted by Gasteiger charge is 2.16. The summed E-state index contributed by atoms with van der Waals surface area (Å²) in [6, 6.07) is 60.9. The van der Waals surface area contributed by atoms with Gasteiger partial charge in [0.2, 0.25) is 0 Å². The Balaban J connectivity index is 1.25. The van der Waals surface area contributed by atoms with Gasteiger partial charge in [-0.2, -0.15) is 0 Å². The lowest BCUT2D eigenvalue weighted by Crippen LogP contribution is -2.10. The summed E-state index contributed by atoms with van der Waals surface area (Å²) in [5.41, 5.74) is 11.8. The highest BCUT2D eigenvalue weighted by molar-refractivity contribution is 5.99. The molecule has 212 valence electrons. The van der Waals surface area contributed by atoms with Crippen LogP contribution < -0.4 is 9.80 Å². The third-order valence-electron chi connectivity index (χ3n) is 8.32. The smallest absolute Gasteiger partial charge is 0.0540 e. The van der Waals surface area contributed by atoms with E-state index in [1.54, 1.807) is 0 Å². The number of hydrogen-bond donors (Lipinski definition) is 0. The summed E-state index contributed by atoms with van der Waals surface area (Å²) in [5, 5.41) is 2.44. The fourth-order valence-corrected chi connectivity index (χ4v) is 5.95. The summed E-state index contributed by atoms with van der Waals surface area (Å²) in [4.78, 5) is 4.60. The molecular formula is C42H34N2. The van der Waals surface area contributed by atoms with E-state index in [-0.39, 0.29) is 0 Å². The molecule has 2 nitrogen and oxygen atoms in total. The molecule has 0 N–H and O–H groups in total. The Bertz CT molecular complexity index is 2020. The maximum absolute atomic E-state index is 2.37. The van der Waals surface area contributed by atoms with Crippen LogP contribution in [-0.4, -0.2) is 7.05 Å². The minimum atomic E-state index is 1.12. The van der Waals surface area contributed by atoms with Crippen molar-refractivity contribution in [3.05, 3.63) is 175 Å². The molecule has 44 heavy (non-hydrogen) atoms. The molecular weight excluding hydrogens is 532 g/mol. The molecule has 0 unspecified atom stereocenters. The Morgan fingerprint density at radius 2 is 0.955 bits per heavy atom. The standard InChI is InChI=1S/C42H34N2/c1-31-11-8-17-39(29-31)43(2)37-25-21-33(22-26-37)34-23-27-38(28-24-34)44(42-20-10-15-35-14-6-7-19-41(35)42)40-18-9-16-36(30-40)32-12-4-3-5-13-32/h3-30H,1-2H3. The van der Waals surface area contributed by atoms with Crippen LogP contribution in [0.3, 0.4) is 0 Å². The molecule has 0 aliphatic heterocycles. The number of rotatable bonds is 7. The first kappa shape index (κ1) is 27.2. The fraction of sp³-hybridized carbons (Fsp3) is 0.0476. The van der Waals surface area contributed by atoms with E-state index in [0.29, 0.717) is 0 Å². The molecule has 0 saturated heterocycles. The van der Waals surface area contributed by atoms with Crippen molar-refractivity contribution in [2.45, 2.75) is 6.92 Å². The molecule has 0 amide bonds. The largest absolute Gasteiger partial charge is 0.345 e. The molecule has 7 rings (SSSR count). The van der Waals surface area contributed by atoms with Crippen LogP contribution in [0.15, 0.2) is 170 Å². The van der Waals surface area contributed by atoms with E-state index in [1.807, 2.05) is 0 Å². The van der Waals surface area contributed by atoms with Crippen molar-refractivity contribution >= 4 is 39.2 Å². The molecule has 0 saturated carbocycles. The summed E-state index contributed by atoms with van der Waals surface area (Å²) in [7, 11) is 2.12. The highest BCUT2D eigenvalue weighted by atomic mass is 15.1. The summed E-state index contributed by atoms with van der Waals surface area (Å²) in [6.07, 6.45) is 0. The topological polar surface area (TPSA) is 6.48 Å². The van der Waals surface area contributed by atoms with Crippen molar-refractivity contribution in [3.63, 3.8) is 0 Å². The second-order valence-electron chi connectivity index (χ2n) is 11.2. The van der Waals surface area contributed by atoms with Gasteiger partial charge in [-0.15, -0.1) is 0 Å². The highest BCUT2D eigenvalue weighted by Crippen LogP contribution is 2.40. The van der Waals surface area contributed by atoms with Gasteiger partial charge in [0.15, 0.2) is 0 Å². The van der Waals surface area contributed by atoms with Gasteiger partial charge in [-0.3, -0.25) is 0 Å². The van der Waals surface area contributed by atoms with Gasteiger partial charge in [0.1, 0.15) is 0 Å². The van der Waals surface area contributed by atoms with E-state index in [1.165, 1.54) is 44.3 Å². The van der Waals surface area contributed by atoms with Crippen LogP contribution in [0.25, 0.3) is 33.0 Å². The molecule has 0 fully saturated rings. The summed E-state index contributed by atoms with van der Waals surface area (Å²) < 4.78 is 0. The number of hydrogen-bond acceptors (Lipinski definition) is 2. The van der Waals surface area contributed by atoms with Crippen LogP contribution in [0.1, 0.15) is 5.56 Å².